The average Bonchev–Trinajstić information content (AvgIpc) is 2.37. The van der Waals surface area contributed by atoms with Crippen LogP contribution in [-0.4, -0.2) is 30.2 Å². The van der Waals surface area contributed by atoms with Gasteiger partial charge in [0.25, 0.3) is 0 Å². The molecule has 0 bridgehead atoms. The molecule has 1 N–H and O–H groups in total. The Morgan fingerprint density at radius 1 is 1.24 bits per heavy atom. The van der Waals surface area contributed by atoms with E-state index in [1.165, 1.54) is 6.07 Å². The van der Waals surface area contributed by atoms with Gasteiger partial charge in [-0.25, -0.2) is 4.98 Å². The fourth-order valence-corrected chi connectivity index (χ4v) is 2.68. The number of piperazine rings is 1. The molecule has 21 heavy (non-hydrogen) atoms. The third-order valence-corrected chi connectivity index (χ3v) is 3.40. The number of hydrogen-bond donors (Lipinski definition) is 1. The molecule has 0 spiro atoms. The zero-order valence-electron chi connectivity index (χ0n) is 12.4. The van der Waals surface area contributed by atoms with Gasteiger partial charge in [-0.3, -0.25) is 0 Å². The first kappa shape index (κ1) is 15.8. The van der Waals surface area contributed by atoms with Crippen LogP contribution < -0.4 is 10.2 Å². The summed E-state index contributed by atoms with van der Waals surface area (Å²) in [6.07, 6.45) is -0.822. The Labute approximate surface area is 122 Å². The van der Waals surface area contributed by atoms with Crippen molar-refractivity contribution in [3.8, 4) is 0 Å². The van der Waals surface area contributed by atoms with Crippen molar-refractivity contribution in [3.63, 3.8) is 0 Å². The SMILES string of the molecule is C/C=C/c1ccc(C(F)(F)F)nc1N1CC(C)NC(C)C1. The van der Waals surface area contributed by atoms with Crippen LogP contribution >= 0.6 is 0 Å². The number of rotatable bonds is 2. The van der Waals surface area contributed by atoms with E-state index >= 15 is 0 Å². The molecule has 0 aromatic carbocycles. The number of nitrogens with zero attached hydrogens (tertiary/aromatic N) is 2. The van der Waals surface area contributed by atoms with Crippen molar-refractivity contribution in [1.29, 1.82) is 0 Å². The molecule has 1 saturated heterocycles. The monoisotopic (exact) mass is 299 g/mol. The summed E-state index contributed by atoms with van der Waals surface area (Å²) in [6.45, 7) is 7.16. The smallest absolute Gasteiger partial charge is 0.353 e. The molecule has 0 radical (unpaired) electrons. The van der Waals surface area contributed by atoms with Gasteiger partial charge in [-0.15, -0.1) is 0 Å². The lowest BCUT2D eigenvalue weighted by Gasteiger charge is -2.37. The van der Waals surface area contributed by atoms with E-state index in [4.69, 9.17) is 0 Å². The first-order valence-corrected chi connectivity index (χ1v) is 7.03. The fraction of sp³-hybridized carbons (Fsp3) is 0.533. The average molecular weight is 299 g/mol. The van der Waals surface area contributed by atoms with Gasteiger partial charge in [0.05, 0.1) is 0 Å². The van der Waals surface area contributed by atoms with E-state index < -0.39 is 11.9 Å². The number of aromatic nitrogens is 1. The molecule has 0 amide bonds. The van der Waals surface area contributed by atoms with Gasteiger partial charge in [-0.1, -0.05) is 12.2 Å². The third kappa shape index (κ3) is 3.75. The second kappa shape index (κ2) is 6.05. The molecule has 1 aliphatic heterocycles. The van der Waals surface area contributed by atoms with E-state index in [1.807, 2.05) is 31.7 Å². The van der Waals surface area contributed by atoms with Gasteiger partial charge in [0.15, 0.2) is 0 Å². The highest BCUT2D eigenvalue weighted by molar-refractivity contribution is 5.64. The van der Waals surface area contributed by atoms with Crippen LogP contribution in [0.5, 0.6) is 0 Å². The van der Waals surface area contributed by atoms with Crippen molar-refractivity contribution in [2.45, 2.75) is 39.0 Å². The molecule has 2 unspecified atom stereocenters. The first-order valence-electron chi connectivity index (χ1n) is 7.03. The molecule has 2 atom stereocenters. The number of anilines is 1. The van der Waals surface area contributed by atoms with E-state index in [1.54, 1.807) is 6.08 Å². The second-order valence-corrected chi connectivity index (χ2v) is 5.48. The maximum Gasteiger partial charge on any atom is 0.433 e. The van der Waals surface area contributed by atoms with E-state index in [9.17, 15) is 13.2 Å². The van der Waals surface area contributed by atoms with Gasteiger partial charge in [0.2, 0.25) is 0 Å². The summed E-state index contributed by atoms with van der Waals surface area (Å²) < 4.78 is 38.7. The number of nitrogens with one attached hydrogen (secondary N) is 1. The van der Waals surface area contributed by atoms with Crippen LogP contribution in [0.25, 0.3) is 6.08 Å². The molecule has 6 heteroatoms. The lowest BCUT2D eigenvalue weighted by molar-refractivity contribution is -0.141. The quantitative estimate of drug-likeness (QED) is 0.908. The molecule has 116 valence electrons. The molecule has 1 aliphatic rings. The van der Waals surface area contributed by atoms with Gasteiger partial charge in [-0.2, -0.15) is 13.2 Å². The Bertz CT molecular complexity index is 515. The van der Waals surface area contributed by atoms with Gasteiger partial charge < -0.3 is 10.2 Å². The van der Waals surface area contributed by atoms with Gasteiger partial charge in [0.1, 0.15) is 11.5 Å². The predicted octanol–water partition coefficient (Wildman–Crippen LogP) is 3.32. The van der Waals surface area contributed by atoms with E-state index in [0.29, 0.717) is 24.5 Å². The summed E-state index contributed by atoms with van der Waals surface area (Å²) in [5.74, 6) is 0.406. The maximum absolute atomic E-state index is 12.9. The number of pyridine rings is 1. The van der Waals surface area contributed by atoms with Gasteiger partial charge in [0, 0.05) is 30.7 Å². The largest absolute Gasteiger partial charge is 0.433 e. The molecule has 0 saturated carbocycles. The van der Waals surface area contributed by atoms with Crippen LogP contribution in [0.4, 0.5) is 19.0 Å². The highest BCUT2D eigenvalue weighted by Crippen LogP contribution is 2.31. The zero-order valence-corrected chi connectivity index (χ0v) is 12.4. The van der Waals surface area contributed by atoms with Crippen LogP contribution in [0.3, 0.4) is 0 Å². The molecular formula is C15H20F3N3. The highest BCUT2D eigenvalue weighted by Gasteiger charge is 2.34. The van der Waals surface area contributed by atoms with Gasteiger partial charge >= 0.3 is 6.18 Å². The van der Waals surface area contributed by atoms with Crippen LogP contribution in [0.1, 0.15) is 32.0 Å². The van der Waals surface area contributed by atoms with Crippen molar-refractivity contribution < 1.29 is 13.2 Å². The molecule has 1 aromatic heterocycles. The van der Waals surface area contributed by atoms with E-state index in [-0.39, 0.29) is 12.1 Å². The first-order chi connectivity index (χ1) is 9.81. The topological polar surface area (TPSA) is 28.2 Å². The van der Waals surface area contributed by atoms with Crippen molar-refractivity contribution >= 4 is 11.9 Å². The van der Waals surface area contributed by atoms with E-state index in [2.05, 4.69) is 10.3 Å². The van der Waals surface area contributed by atoms with E-state index in [0.717, 1.165) is 6.07 Å². The Morgan fingerprint density at radius 2 is 1.86 bits per heavy atom. The molecular weight excluding hydrogens is 279 g/mol. The molecule has 1 fully saturated rings. The van der Waals surface area contributed by atoms with Crippen molar-refractivity contribution in [1.82, 2.24) is 10.3 Å². The number of alkyl halides is 3. The number of allylic oxidation sites excluding steroid dienone is 1. The summed E-state index contributed by atoms with van der Waals surface area (Å²) in [6, 6.07) is 2.95. The van der Waals surface area contributed by atoms with Crippen LogP contribution in [-0.2, 0) is 6.18 Å². The molecule has 3 nitrogen and oxygen atoms in total. The van der Waals surface area contributed by atoms with Crippen LogP contribution in [0, 0.1) is 0 Å². The van der Waals surface area contributed by atoms with Crippen LogP contribution in [0.2, 0.25) is 0 Å². The lowest BCUT2D eigenvalue weighted by Crippen LogP contribution is -2.54. The van der Waals surface area contributed by atoms with Crippen molar-refractivity contribution in [2.24, 2.45) is 0 Å². The molecule has 1 aromatic rings. The second-order valence-electron chi connectivity index (χ2n) is 5.48. The fourth-order valence-electron chi connectivity index (χ4n) is 2.68. The molecule has 2 rings (SSSR count). The summed E-state index contributed by atoms with van der Waals surface area (Å²) >= 11 is 0. The number of halogens is 3. The lowest BCUT2D eigenvalue weighted by atomic mass is 10.1. The summed E-state index contributed by atoms with van der Waals surface area (Å²) in [4.78, 5) is 5.80. The minimum Gasteiger partial charge on any atom is -0.353 e. The summed E-state index contributed by atoms with van der Waals surface area (Å²) in [5, 5.41) is 3.37. The minimum atomic E-state index is -4.42. The third-order valence-electron chi connectivity index (χ3n) is 3.40. The molecule has 0 aliphatic carbocycles. The van der Waals surface area contributed by atoms with Crippen molar-refractivity contribution in [3.05, 3.63) is 29.5 Å². The zero-order chi connectivity index (χ0) is 15.6. The standard InChI is InChI=1S/C15H20F3N3/c1-4-5-12-6-7-13(15(16,17)18)20-14(12)21-8-10(2)19-11(3)9-21/h4-7,10-11,19H,8-9H2,1-3H3/b5-4+. The predicted molar refractivity (Wildman–Crippen MR) is 78.2 cm³/mol. The number of hydrogen-bond acceptors (Lipinski definition) is 3. The Hall–Kier alpha value is -1.56. The maximum atomic E-state index is 12.9. The van der Waals surface area contributed by atoms with Crippen LogP contribution in [0.15, 0.2) is 18.2 Å². The summed E-state index contributed by atoms with van der Waals surface area (Å²) in [7, 11) is 0. The highest BCUT2D eigenvalue weighted by atomic mass is 19.4. The summed E-state index contributed by atoms with van der Waals surface area (Å²) in [5.41, 5.74) is -0.128. The molecule has 2 heterocycles. The Balaban J connectivity index is 2.43. The Kier molecular flexibility index (Phi) is 4.56. The Morgan fingerprint density at radius 3 is 2.38 bits per heavy atom. The van der Waals surface area contributed by atoms with Crippen molar-refractivity contribution in [2.75, 3.05) is 18.0 Å². The minimum absolute atomic E-state index is 0.212. The normalized spacial score (nSPS) is 23.8. The van der Waals surface area contributed by atoms with Gasteiger partial charge in [-0.05, 0) is 32.9 Å².